The number of aromatic amines is 1. The number of anilines is 1. The van der Waals surface area contributed by atoms with E-state index in [1.54, 1.807) is 28.0 Å². The average Bonchev–Trinajstić information content (AvgIpc) is 3.00. The predicted molar refractivity (Wildman–Crippen MR) is 95.5 cm³/mol. The average molecular weight is 353 g/mol. The summed E-state index contributed by atoms with van der Waals surface area (Å²) >= 11 is 0. The van der Waals surface area contributed by atoms with Crippen molar-refractivity contribution in [2.75, 3.05) is 32.1 Å². The third kappa shape index (κ3) is 2.71. The minimum Gasteiger partial charge on any atom is -0.348 e. The second kappa shape index (κ2) is 6.25. The number of nitrogens with one attached hydrogen (secondary N) is 1. The zero-order valence-electron chi connectivity index (χ0n) is 14.6. The fourth-order valence-corrected chi connectivity index (χ4v) is 3.18. The van der Waals surface area contributed by atoms with E-state index in [1.165, 1.54) is 10.8 Å². The fraction of sp³-hybridized carbons (Fsp3) is 0.353. The van der Waals surface area contributed by atoms with Crippen molar-refractivity contribution in [3.05, 3.63) is 51.8 Å². The third-order valence-corrected chi connectivity index (χ3v) is 4.57. The van der Waals surface area contributed by atoms with Crippen LogP contribution < -0.4 is 10.5 Å². The van der Waals surface area contributed by atoms with Crippen molar-refractivity contribution < 1.29 is 4.79 Å². The van der Waals surface area contributed by atoms with Crippen molar-refractivity contribution in [3.8, 4) is 0 Å². The number of hydrogen-bond acceptors (Lipinski definition) is 6. The van der Waals surface area contributed by atoms with Crippen LogP contribution >= 0.6 is 0 Å². The molecule has 0 bridgehead atoms. The molecule has 9 heteroatoms. The highest BCUT2D eigenvalue weighted by molar-refractivity contribution is 5.93. The Morgan fingerprint density at radius 1 is 1.23 bits per heavy atom. The molecule has 0 atom stereocenters. The normalized spacial score (nSPS) is 14.2. The van der Waals surface area contributed by atoms with Gasteiger partial charge in [0.1, 0.15) is 12.0 Å². The number of H-pyrrole nitrogens is 1. The zero-order chi connectivity index (χ0) is 18.3. The van der Waals surface area contributed by atoms with E-state index in [1.807, 2.05) is 14.1 Å². The van der Waals surface area contributed by atoms with Gasteiger partial charge in [0.15, 0.2) is 5.65 Å². The Morgan fingerprint density at radius 3 is 2.85 bits per heavy atom. The summed E-state index contributed by atoms with van der Waals surface area (Å²) in [6, 6.07) is 5.32. The molecular weight excluding hydrogens is 334 g/mol. The van der Waals surface area contributed by atoms with E-state index in [-0.39, 0.29) is 11.5 Å². The molecule has 0 fully saturated rings. The van der Waals surface area contributed by atoms with E-state index in [0.29, 0.717) is 48.8 Å². The molecule has 0 saturated heterocycles. The molecule has 4 rings (SSSR count). The van der Waals surface area contributed by atoms with Gasteiger partial charge in [0.2, 0.25) is 5.95 Å². The van der Waals surface area contributed by atoms with Gasteiger partial charge in [-0.25, -0.2) is 14.5 Å². The lowest BCUT2D eigenvalue weighted by atomic mass is 10.1. The van der Waals surface area contributed by atoms with Gasteiger partial charge in [-0.1, -0.05) is 6.07 Å². The first-order valence-corrected chi connectivity index (χ1v) is 8.42. The maximum absolute atomic E-state index is 13.0. The second-order valence-corrected chi connectivity index (χ2v) is 6.44. The van der Waals surface area contributed by atoms with Gasteiger partial charge in [-0.3, -0.25) is 14.6 Å². The van der Waals surface area contributed by atoms with Gasteiger partial charge in [0, 0.05) is 39.2 Å². The summed E-state index contributed by atoms with van der Waals surface area (Å²) in [6.07, 6.45) is 2.44. The Morgan fingerprint density at radius 2 is 2.04 bits per heavy atom. The summed E-state index contributed by atoms with van der Waals surface area (Å²) < 4.78 is 1.54. The summed E-state index contributed by atoms with van der Waals surface area (Å²) in [5, 5.41) is 4.13. The minimum atomic E-state index is -0.133. The first-order chi connectivity index (χ1) is 12.5. The third-order valence-electron chi connectivity index (χ3n) is 4.57. The van der Waals surface area contributed by atoms with Crippen LogP contribution in [0.1, 0.15) is 21.7 Å². The van der Waals surface area contributed by atoms with Gasteiger partial charge in [0.25, 0.3) is 11.5 Å². The van der Waals surface area contributed by atoms with Crippen molar-refractivity contribution in [2.24, 2.45) is 0 Å². The minimum absolute atomic E-state index is 0.127. The van der Waals surface area contributed by atoms with Gasteiger partial charge in [-0.05, 0) is 18.6 Å². The summed E-state index contributed by atoms with van der Waals surface area (Å²) in [7, 11) is 3.66. The smallest absolute Gasteiger partial charge is 0.272 e. The molecule has 0 aliphatic carbocycles. The molecule has 1 amide bonds. The topological polar surface area (TPSA) is 99.5 Å². The van der Waals surface area contributed by atoms with Gasteiger partial charge in [-0.15, -0.1) is 0 Å². The molecule has 26 heavy (non-hydrogen) atoms. The number of amides is 1. The maximum atomic E-state index is 13.0. The Balaban J connectivity index is 1.63. The Labute approximate surface area is 149 Å². The highest BCUT2D eigenvalue weighted by Gasteiger charge is 2.24. The van der Waals surface area contributed by atoms with Crippen molar-refractivity contribution in [2.45, 2.75) is 12.8 Å². The molecule has 0 unspecified atom stereocenters. The van der Waals surface area contributed by atoms with E-state index in [0.717, 1.165) is 5.69 Å². The number of hydrogen-bond donors (Lipinski definition) is 1. The van der Waals surface area contributed by atoms with Gasteiger partial charge >= 0.3 is 0 Å². The van der Waals surface area contributed by atoms with Crippen molar-refractivity contribution >= 4 is 17.5 Å². The number of pyridine rings is 1. The van der Waals surface area contributed by atoms with Crippen LogP contribution in [0.15, 0.2) is 29.3 Å². The Hall–Kier alpha value is -3.23. The van der Waals surface area contributed by atoms with Crippen LogP contribution in [0.4, 0.5) is 5.95 Å². The second-order valence-electron chi connectivity index (χ2n) is 6.44. The van der Waals surface area contributed by atoms with Gasteiger partial charge < -0.3 is 9.80 Å². The lowest BCUT2D eigenvalue weighted by Gasteiger charge is -2.20. The van der Waals surface area contributed by atoms with Crippen LogP contribution in [-0.4, -0.2) is 62.6 Å². The van der Waals surface area contributed by atoms with Crippen molar-refractivity contribution in [3.63, 3.8) is 0 Å². The Kier molecular flexibility index (Phi) is 3.90. The molecule has 0 saturated carbocycles. The largest absolute Gasteiger partial charge is 0.348 e. The zero-order valence-corrected chi connectivity index (χ0v) is 14.6. The number of rotatable bonds is 2. The molecule has 3 aromatic rings. The predicted octanol–water partition coefficient (Wildman–Crippen LogP) is 0.120. The Bertz CT molecular complexity index is 1040. The van der Waals surface area contributed by atoms with Crippen LogP contribution in [0, 0.1) is 0 Å². The molecule has 0 aromatic carbocycles. The summed E-state index contributed by atoms with van der Waals surface area (Å²) in [5.41, 5.74) is 2.37. The van der Waals surface area contributed by atoms with Crippen LogP contribution in [0.25, 0.3) is 5.65 Å². The number of aromatic nitrogens is 5. The number of fused-ring (bicyclic) bond motifs is 2. The summed E-state index contributed by atoms with van der Waals surface area (Å²) in [6.45, 7) is 0.962. The standard InChI is InChI=1S/C17H19N7O2/c1-22(2)17-20-12-7-9-23(8-6-11(12)15(25)21-17)16(26)13-4-3-5-14-18-10-19-24(13)14/h3-5,10H,6-9H2,1-2H3,(H,20,21,25). The highest BCUT2D eigenvalue weighted by atomic mass is 16.2. The van der Waals surface area contributed by atoms with Crippen molar-refractivity contribution in [1.29, 1.82) is 0 Å². The van der Waals surface area contributed by atoms with Crippen LogP contribution in [0.3, 0.4) is 0 Å². The van der Waals surface area contributed by atoms with E-state index in [2.05, 4.69) is 20.1 Å². The van der Waals surface area contributed by atoms with E-state index in [4.69, 9.17) is 0 Å². The van der Waals surface area contributed by atoms with Crippen LogP contribution in [-0.2, 0) is 12.8 Å². The molecule has 3 aromatic heterocycles. The lowest BCUT2D eigenvalue weighted by molar-refractivity contribution is 0.0754. The summed E-state index contributed by atoms with van der Waals surface area (Å²) in [4.78, 5) is 40.3. The molecule has 4 heterocycles. The first kappa shape index (κ1) is 16.2. The summed E-state index contributed by atoms with van der Waals surface area (Å²) in [5.74, 6) is 0.402. The van der Waals surface area contributed by atoms with E-state index < -0.39 is 0 Å². The molecule has 1 N–H and O–H groups in total. The van der Waals surface area contributed by atoms with Gasteiger partial charge in [0.05, 0.1) is 5.69 Å². The molecule has 1 aliphatic heterocycles. The van der Waals surface area contributed by atoms with Crippen LogP contribution in [0.2, 0.25) is 0 Å². The number of carbonyl (C=O) groups is 1. The monoisotopic (exact) mass is 353 g/mol. The van der Waals surface area contributed by atoms with E-state index >= 15 is 0 Å². The molecular formula is C17H19N7O2. The van der Waals surface area contributed by atoms with Crippen molar-refractivity contribution in [1.82, 2.24) is 29.5 Å². The van der Waals surface area contributed by atoms with E-state index in [9.17, 15) is 9.59 Å². The molecule has 9 nitrogen and oxygen atoms in total. The van der Waals surface area contributed by atoms with Gasteiger partial charge in [-0.2, -0.15) is 5.10 Å². The highest BCUT2D eigenvalue weighted by Crippen LogP contribution is 2.15. The molecule has 1 aliphatic rings. The molecule has 134 valence electrons. The molecule has 0 spiro atoms. The molecule has 0 radical (unpaired) electrons. The number of carbonyl (C=O) groups excluding carboxylic acids is 1. The lowest BCUT2D eigenvalue weighted by Crippen LogP contribution is -2.34. The van der Waals surface area contributed by atoms with Crippen LogP contribution in [0.5, 0.6) is 0 Å². The SMILES string of the molecule is CN(C)c1nc2c(c(=O)[nH]1)CCN(C(=O)c1cccc3ncnn13)CC2. The maximum Gasteiger partial charge on any atom is 0.272 e. The fourth-order valence-electron chi connectivity index (χ4n) is 3.18. The first-order valence-electron chi connectivity index (χ1n) is 8.42. The number of nitrogens with zero attached hydrogens (tertiary/aromatic N) is 6. The quantitative estimate of drug-likeness (QED) is 0.702.